The lowest BCUT2D eigenvalue weighted by Crippen LogP contribution is -2.03. The molecular formula is C11H14ClN3O3. The Bertz CT molecular complexity index is 451. The van der Waals surface area contributed by atoms with E-state index in [9.17, 15) is 10.1 Å². The molecular weight excluding hydrogens is 258 g/mol. The summed E-state index contributed by atoms with van der Waals surface area (Å²) >= 11 is 5.52. The molecule has 0 spiro atoms. The highest BCUT2D eigenvalue weighted by Gasteiger charge is 2.17. The molecule has 0 saturated carbocycles. The molecule has 1 rings (SSSR count). The van der Waals surface area contributed by atoms with Crippen molar-refractivity contribution in [2.24, 2.45) is 0 Å². The van der Waals surface area contributed by atoms with E-state index in [1.807, 2.05) is 0 Å². The first-order chi connectivity index (χ1) is 8.60. The van der Waals surface area contributed by atoms with Gasteiger partial charge in [-0.2, -0.15) is 0 Å². The first-order valence-electron chi connectivity index (χ1n) is 5.37. The summed E-state index contributed by atoms with van der Waals surface area (Å²) in [4.78, 5) is 10.3. The lowest BCUT2D eigenvalue weighted by atomic mass is 10.1. The van der Waals surface area contributed by atoms with Gasteiger partial charge in [-0.1, -0.05) is 0 Å². The van der Waals surface area contributed by atoms with Crippen LogP contribution >= 0.6 is 11.6 Å². The monoisotopic (exact) mass is 271 g/mol. The Labute approximate surface area is 109 Å². The fourth-order valence-electron chi connectivity index (χ4n) is 1.36. The van der Waals surface area contributed by atoms with Crippen LogP contribution in [-0.2, 0) is 0 Å². The van der Waals surface area contributed by atoms with Crippen LogP contribution < -0.4 is 10.5 Å². The van der Waals surface area contributed by atoms with E-state index in [1.165, 1.54) is 12.1 Å². The number of rotatable bonds is 7. The van der Waals surface area contributed by atoms with E-state index >= 15 is 0 Å². The van der Waals surface area contributed by atoms with Gasteiger partial charge in [0.15, 0.2) is 5.75 Å². The minimum absolute atomic E-state index is 0.123. The van der Waals surface area contributed by atoms with Crippen molar-refractivity contribution in [3.63, 3.8) is 0 Å². The first kappa shape index (κ1) is 14.2. The van der Waals surface area contributed by atoms with Crippen LogP contribution in [0.5, 0.6) is 5.75 Å². The van der Waals surface area contributed by atoms with Crippen LogP contribution in [0.4, 0.5) is 11.4 Å². The largest absolute Gasteiger partial charge is 0.487 e. The number of anilines is 1. The molecule has 3 N–H and O–H groups in total. The van der Waals surface area contributed by atoms with Gasteiger partial charge >= 0.3 is 5.69 Å². The van der Waals surface area contributed by atoms with E-state index in [2.05, 4.69) is 0 Å². The Morgan fingerprint density at radius 3 is 2.78 bits per heavy atom. The molecule has 98 valence electrons. The molecule has 6 nitrogen and oxygen atoms in total. The Morgan fingerprint density at radius 2 is 2.22 bits per heavy atom. The van der Waals surface area contributed by atoms with Crippen LogP contribution in [0.3, 0.4) is 0 Å². The predicted molar refractivity (Wildman–Crippen MR) is 70.8 cm³/mol. The van der Waals surface area contributed by atoms with Gasteiger partial charge in [0.05, 0.1) is 11.5 Å². The van der Waals surface area contributed by atoms with Crippen molar-refractivity contribution in [2.45, 2.75) is 12.8 Å². The van der Waals surface area contributed by atoms with Gasteiger partial charge in [0, 0.05) is 35.5 Å². The topological polar surface area (TPSA) is 102 Å². The second-order valence-corrected chi connectivity index (χ2v) is 3.97. The van der Waals surface area contributed by atoms with Crippen LogP contribution in [0.1, 0.15) is 18.4 Å². The normalized spacial score (nSPS) is 10.1. The third-order valence-electron chi connectivity index (χ3n) is 2.30. The van der Waals surface area contributed by atoms with Crippen LogP contribution in [0.2, 0.25) is 0 Å². The van der Waals surface area contributed by atoms with E-state index in [0.717, 1.165) is 12.6 Å². The fraction of sp³-hybridized carbons (Fsp3) is 0.364. The standard InChI is InChI=1S/C11H14ClN3O3/c12-3-1-2-4-18-11-6-9(14)8(7-13)5-10(11)15(16)17/h5-7,13H,1-4,14H2. The third kappa shape index (κ3) is 3.59. The molecule has 1 aromatic carbocycles. The highest BCUT2D eigenvalue weighted by Crippen LogP contribution is 2.31. The maximum atomic E-state index is 10.9. The van der Waals surface area contributed by atoms with Crippen LogP contribution in [0.15, 0.2) is 12.1 Å². The molecule has 0 fully saturated rings. The van der Waals surface area contributed by atoms with E-state index in [1.54, 1.807) is 0 Å². The average molecular weight is 272 g/mol. The van der Waals surface area contributed by atoms with E-state index in [4.69, 9.17) is 27.5 Å². The smallest absolute Gasteiger partial charge is 0.311 e. The molecule has 0 aliphatic rings. The Kier molecular flexibility index (Phi) is 5.38. The van der Waals surface area contributed by atoms with Crippen molar-refractivity contribution in [1.29, 1.82) is 5.41 Å². The zero-order chi connectivity index (χ0) is 13.5. The van der Waals surface area contributed by atoms with Crippen molar-refractivity contribution in [2.75, 3.05) is 18.2 Å². The number of nitrogens with two attached hydrogens (primary N) is 1. The van der Waals surface area contributed by atoms with Crippen molar-refractivity contribution < 1.29 is 9.66 Å². The number of nitro groups is 1. The number of halogens is 1. The van der Waals surface area contributed by atoms with Gasteiger partial charge in [-0.15, -0.1) is 11.6 Å². The lowest BCUT2D eigenvalue weighted by molar-refractivity contribution is -0.385. The summed E-state index contributed by atoms with van der Waals surface area (Å²) in [6.45, 7) is 0.344. The number of hydrogen-bond acceptors (Lipinski definition) is 5. The van der Waals surface area contributed by atoms with Crippen LogP contribution in [0.25, 0.3) is 0 Å². The maximum Gasteiger partial charge on any atom is 0.311 e. The summed E-state index contributed by atoms with van der Waals surface area (Å²) in [6.07, 6.45) is 2.47. The van der Waals surface area contributed by atoms with Gasteiger partial charge < -0.3 is 15.9 Å². The fourth-order valence-corrected chi connectivity index (χ4v) is 1.55. The van der Waals surface area contributed by atoms with Gasteiger partial charge in [0.2, 0.25) is 0 Å². The predicted octanol–water partition coefficient (Wildman–Crippen LogP) is 2.57. The van der Waals surface area contributed by atoms with Crippen molar-refractivity contribution in [1.82, 2.24) is 0 Å². The van der Waals surface area contributed by atoms with Crippen molar-refractivity contribution in [3.8, 4) is 5.75 Å². The van der Waals surface area contributed by atoms with Gasteiger partial charge in [0.25, 0.3) is 0 Å². The molecule has 0 saturated heterocycles. The Balaban J connectivity index is 2.91. The zero-order valence-electron chi connectivity index (χ0n) is 9.69. The number of nitrogen functional groups attached to an aromatic ring is 1. The number of hydrogen-bond donors (Lipinski definition) is 2. The Hall–Kier alpha value is -1.82. The molecule has 0 aliphatic carbocycles. The number of benzene rings is 1. The SMILES string of the molecule is N=Cc1cc([N+](=O)[O-])c(OCCCCCl)cc1N. The molecule has 0 aliphatic heterocycles. The molecule has 0 bridgehead atoms. The number of ether oxygens (including phenoxy) is 1. The van der Waals surface area contributed by atoms with Crippen molar-refractivity contribution >= 4 is 29.2 Å². The van der Waals surface area contributed by atoms with E-state index in [0.29, 0.717) is 24.5 Å². The number of alkyl halides is 1. The highest BCUT2D eigenvalue weighted by atomic mass is 35.5. The Morgan fingerprint density at radius 1 is 1.50 bits per heavy atom. The first-order valence-corrected chi connectivity index (χ1v) is 5.90. The van der Waals surface area contributed by atoms with E-state index in [-0.39, 0.29) is 17.1 Å². The molecule has 7 heteroatoms. The number of nitro benzene ring substituents is 1. The number of nitrogens with one attached hydrogen (secondary N) is 1. The van der Waals surface area contributed by atoms with E-state index < -0.39 is 4.92 Å². The second kappa shape index (κ2) is 6.80. The van der Waals surface area contributed by atoms with Crippen LogP contribution in [-0.4, -0.2) is 23.6 Å². The molecule has 0 unspecified atom stereocenters. The minimum atomic E-state index is -0.552. The lowest BCUT2D eigenvalue weighted by Gasteiger charge is -2.08. The molecule has 0 amide bonds. The van der Waals surface area contributed by atoms with Gasteiger partial charge in [-0.3, -0.25) is 10.1 Å². The molecule has 18 heavy (non-hydrogen) atoms. The minimum Gasteiger partial charge on any atom is -0.487 e. The molecule has 0 atom stereocenters. The molecule has 0 aromatic heterocycles. The number of unbranched alkanes of at least 4 members (excludes halogenated alkanes) is 1. The maximum absolute atomic E-state index is 10.9. The molecule has 0 heterocycles. The van der Waals surface area contributed by atoms with Gasteiger partial charge in [0.1, 0.15) is 0 Å². The molecule has 0 radical (unpaired) electrons. The van der Waals surface area contributed by atoms with Gasteiger partial charge in [-0.05, 0) is 12.8 Å². The zero-order valence-corrected chi connectivity index (χ0v) is 10.4. The molecule has 1 aromatic rings. The highest BCUT2D eigenvalue weighted by molar-refractivity contribution is 6.17. The average Bonchev–Trinajstić information content (AvgIpc) is 2.34. The number of nitrogens with zero attached hydrogens (tertiary/aromatic N) is 1. The summed E-state index contributed by atoms with van der Waals surface area (Å²) in [5, 5.41) is 18.0. The summed E-state index contributed by atoms with van der Waals surface area (Å²) in [5.41, 5.74) is 6.05. The summed E-state index contributed by atoms with van der Waals surface area (Å²) in [6, 6.07) is 2.61. The second-order valence-electron chi connectivity index (χ2n) is 3.59. The van der Waals surface area contributed by atoms with Crippen molar-refractivity contribution in [3.05, 3.63) is 27.8 Å². The van der Waals surface area contributed by atoms with Crippen LogP contribution in [0, 0.1) is 15.5 Å². The summed E-state index contributed by atoms with van der Waals surface area (Å²) in [7, 11) is 0. The van der Waals surface area contributed by atoms with Gasteiger partial charge in [-0.25, -0.2) is 0 Å². The third-order valence-corrected chi connectivity index (χ3v) is 2.57. The summed E-state index contributed by atoms with van der Waals surface area (Å²) < 4.78 is 5.33. The summed E-state index contributed by atoms with van der Waals surface area (Å²) in [5.74, 6) is 0.651. The quantitative estimate of drug-likeness (QED) is 0.199.